The van der Waals surface area contributed by atoms with Gasteiger partial charge in [-0.05, 0) is 45.2 Å². The van der Waals surface area contributed by atoms with E-state index in [0.717, 1.165) is 22.4 Å². The molecule has 0 bridgehead atoms. The Balaban J connectivity index is 2.31. The smallest absolute Gasteiger partial charge is 0.303 e. The second kappa shape index (κ2) is 5.68. The molecule has 112 valence electrons. The van der Waals surface area contributed by atoms with E-state index in [-0.39, 0.29) is 12.3 Å². The number of carbonyl (C=O) groups is 2. The topological polar surface area (TPSA) is 70.0 Å². The molecule has 0 radical (unpaired) electrons. The van der Waals surface area contributed by atoms with Gasteiger partial charge in [0.2, 0.25) is 0 Å². The Morgan fingerprint density at radius 3 is 2.33 bits per heavy atom. The highest BCUT2D eigenvalue weighted by molar-refractivity contribution is 6.15. The van der Waals surface area contributed by atoms with Crippen molar-refractivity contribution in [3.63, 3.8) is 0 Å². The standard InChI is InChI=1S/C16H20N2O3/c1-9-7-10(2)15(11(3)8-9)18-16(21)13(12(4)17-18)5-6-14(19)20/h7-8,13H,5-6H2,1-4H3,(H,19,20). The van der Waals surface area contributed by atoms with Gasteiger partial charge in [-0.25, -0.2) is 0 Å². The van der Waals surface area contributed by atoms with Gasteiger partial charge >= 0.3 is 5.97 Å². The zero-order valence-electron chi connectivity index (χ0n) is 12.8. The Hall–Kier alpha value is -2.17. The second-order valence-electron chi connectivity index (χ2n) is 5.62. The summed E-state index contributed by atoms with van der Waals surface area (Å²) >= 11 is 0. The molecule has 0 fully saturated rings. The first kappa shape index (κ1) is 15.2. The minimum atomic E-state index is -0.892. The summed E-state index contributed by atoms with van der Waals surface area (Å²) in [4.78, 5) is 23.2. The van der Waals surface area contributed by atoms with Crippen molar-refractivity contribution in [2.45, 2.75) is 40.5 Å². The molecule has 0 aromatic heterocycles. The molecule has 1 unspecified atom stereocenters. The molecule has 1 amide bonds. The normalized spacial score (nSPS) is 18.1. The van der Waals surface area contributed by atoms with E-state index in [1.54, 1.807) is 6.92 Å². The molecule has 0 saturated heterocycles. The molecule has 2 rings (SSSR count). The molecule has 1 aliphatic rings. The van der Waals surface area contributed by atoms with Gasteiger partial charge in [-0.3, -0.25) is 9.59 Å². The molecule has 0 spiro atoms. The van der Waals surface area contributed by atoms with Gasteiger partial charge in [0.15, 0.2) is 0 Å². The summed E-state index contributed by atoms with van der Waals surface area (Å²) in [6, 6.07) is 4.04. The summed E-state index contributed by atoms with van der Waals surface area (Å²) in [5.41, 5.74) is 4.62. The van der Waals surface area contributed by atoms with Crippen molar-refractivity contribution < 1.29 is 14.7 Å². The Morgan fingerprint density at radius 1 is 1.24 bits per heavy atom. The molecular weight excluding hydrogens is 268 g/mol. The number of carboxylic acids is 1. The first-order valence-corrected chi connectivity index (χ1v) is 7.00. The quantitative estimate of drug-likeness (QED) is 0.926. The van der Waals surface area contributed by atoms with Gasteiger partial charge in [0, 0.05) is 12.1 Å². The lowest BCUT2D eigenvalue weighted by molar-refractivity contribution is -0.137. The molecule has 0 saturated carbocycles. The maximum Gasteiger partial charge on any atom is 0.303 e. The van der Waals surface area contributed by atoms with E-state index in [1.165, 1.54) is 5.01 Å². The lowest BCUT2D eigenvalue weighted by atomic mass is 9.98. The minimum Gasteiger partial charge on any atom is -0.481 e. The molecule has 0 aliphatic carbocycles. The molecule has 1 aromatic carbocycles. The van der Waals surface area contributed by atoms with Gasteiger partial charge in [0.25, 0.3) is 5.91 Å². The maximum atomic E-state index is 12.5. The second-order valence-corrected chi connectivity index (χ2v) is 5.62. The number of hydrogen-bond acceptors (Lipinski definition) is 3. The van der Waals surface area contributed by atoms with Crippen LogP contribution in [0.3, 0.4) is 0 Å². The predicted molar refractivity (Wildman–Crippen MR) is 81.6 cm³/mol. The van der Waals surface area contributed by atoms with Crippen molar-refractivity contribution in [3.05, 3.63) is 28.8 Å². The lowest BCUT2D eigenvalue weighted by Crippen LogP contribution is -2.28. The predicted octanol–water partition coefficient (Wildman–Crippen LogP) is 2.82. The van der Waals surface area contributed by atoms with E-state index < -0.39 is 11.9 Å². The first-order valence-electron chi connectivity index (χ1n) is 7.00. The molecule has 1 N–H and O–H groups in total. The van der Waals surface area contributed by atoms with Crippen molar-refractivity contribution in [1.29, 1.82) is 0 Å². The fraction of sp³-hybridized carbons (Fsp3) is 0.438. The monoisotopic (exact) mass is 288 g/mol. The van der Waals surface area contributed by atoms with Crippen LogP contribution >= 0.6 is 0 Å². The minimum absolute atomic E-state index is 0.0248. The van der Waals surface area contributed by atoms with Gasteiger partial charge < -0.3 is 5.11 Å². The number of nitrogens with zero attached hydrogens (tertiary/aromatic N) is 2. The molecule has 1 atom stereocenters. The molecule has 1 heterocycles. The number of benzene rings is 1. The third-order valence-corrected chi connectivity index (χ3v) is 3.76. The largest absolute Gasteiger partial charge is 0.481 e. The van der Waals surface area contributed by atoms with Crippen LogP contribution in [0.5, 0.6) is 0 Å². The van der Waals surface area contributed by atoms with Crippen LogP contribution in [0.15, 0.2) is 17.2 Å². The van der Waals surface area contributed by atoms with Crippen molar-refractivity contribution in [2.75, 3.05) is 5.01 Å². The van der Waals surface area contributed by atoms with Gasteiger partial charge in [-0.2, -0.15) is 10.1 Å². The van der Waals surface area contributed by atoms with Crippen LogP contribution < -0.4 is 5.01 Å². The molecule has 21 heavy (non-hydrogen) atoms. The van der Waals surface area contributed by atoms with E-state index in [2.05, 4.69) is 5.10 Å². The van der Waals surface area contributed by atoms with E-state index in [0.29, 0.717) is 12.1 Å². The van der Waals surface area contributed by atoms with Crippen LogP contribution in [-0.4, -0.2) is 22.7 Å². The third kappa shape index (κ3) is 2.96. The highest BCUT2D eigenvalue weighted by atomic mass is 16.4. The zero-order chi connectivity index (χ0) is 15.7. The van der Waals surface area contributed by atoms with Gasteiger partial charge in [-0.15, -0.1) is 0 Å². The number of amides is 1. The Morgan fingerprint density at radius 2 is 1.81 bits per heavy atom. The van der Waals surface area contributed by atoms with Crippen LogP contribution in [0.2, 0.25) is 0 Å². The number of hydrazone groups is 1. The zero-order valence-corrected chi connectivity index (χ0v) is 12.8. The Labute approximate surface area is 124 Å². The van der Waals surface area contributed by atoms with E-state index in [1.807, 2.05) is 32.9 Å². The number of anilines is 1. The average molecular weight is 288 g/mol. The SMILES string of the molecule is CC1=NN(c2c(C)cc(C)cc2C)C(=O)C1CCC(=O)O. The summed E-state index contributed by atoms with van der Waals surface area (Å²) in [5, 5.41) is 14.6. The lowest BCUT2D eigenvalue weighted by Gasteiger charge is -2.19. The number of carboxylic acid groups (broad SMARTS) is 1. The van der Waals surface area contributed by atoms with Crippen molar-refractivity contribution in [3.8, 4) is 0 Å². The fourth-order valence-corrected chi connectivity index (χ4v) is 2.87. The van der Waals surface area contributed by atoms with Crippen LogP contribution in [0.4, 0.5) is 5.69 Å². The van der Waals surface area contributed by atoms with Crippen LogP contribution in [0, 0.1) is 26.7 Å². The van der Waals surface area contributed by atoms with E-state index >= 15 is 0 Å². The van der Waals surface area contributed by atoms with E-state index in [9.17, 15) is 9.59 Å². The number of aliphatic carboxylic acids is 1. The molecule has 1 aromatic rings. The highest BCUT2D eigenvalue weighted by Gasteiger charge is 2.35. The molecule has 1 aliphatic heterocycles. The number of rotatable bonds is 4. The van der Waals surface area contributed by atoms with E-state index in [4.69, 9.17) is 5.11 Å². The van der Waals surface area contributed by atoms with Crippen molar-refractivity contribution in [2.24, 2.45) is 11.0 Å². The first-order chi connectivity index (χ1) is 9.81. The molecular formula is C16H20N2O3. The van der Waals surface area contributed by atoms with Crippen LogP contribution in [0.25, 0.3) is 0 Å². The molecule has 5 heteroatoms. The Bertz CT molecular complexity index is 611. The van der Waals surface area contributed by atoms with Crippen LogP contribution in [0.1, 0.15) is 36.5 Å². The maximum absolute atomic E-state index is 12.5. The molecule has 5 nitrogen and oxygen atoms in total. The number of hydrogen-bond donors (Lipinski definition) is 1. The van der Waals surface area contributed by atoms with Gasteiger partial charge in [0.1, 0.15) is 0 Å². The summed E-state index contributed by atoms with van der Waals surface area (Å²) in [7, 11) is 0. The fourth-order valence-electron chi connectivity index (χ4n) is 2.87. The van der Waals surface area contributed by atoms with Crippen molar-refractivity contribution >= 4 is 23.3 Å². The number of carbonyl (C=O) groups excluding carboxylic acids is 1. The highest BCUT2D eigenvalue weighted by Crippen LogP contribution is 2.32. The van der Waals surface area contributed by atoms with Crippen LogP contribution in [-0.2, 0) is 9.59 Å². The third-order valence-electron chi connectivity index (χ3n) is 3.76. The summed E-state index contributed by atoms with van der Waals surface area (Å²) < 4.78 is 0. The van der Waals surface area contributed by atoms with Gasteiger partial charge in [0.05, 0.1) is 11.6 Å². The average Bonchev–Trinajstić information content (AvgIpc) is 2.61. The number of aryl methyl sites for hydroxylation is 3. The van der Waals surface area contributed by atoms with Crippen molar-refractivity contribution in [1.82, 2.24) is 0 Å². The summed E-state index contributed by atoms with van der Waals surface area (Å²) in [6.45, 7) is 7.71. The summed E-state index contributed by atoms with van der Waals surface area (Å²) in [6.07, 6.45) is 0.271. The summed E-state index contributed by atoms with van der Waals surface area (Å²) in [5.74, 6) is -1.46. The Kier molecular flexibility index (Phi) is 4.11. The van der Waals surface area contributed by atoms with Gasteiger partial charge in [-0.1, -0.05) is 17.7 Å².